The molecule has 0 saturated carbocycles. The highest BCUT2D eigenvalue weighted by atomic mass is 16.2. The molecule has 0 bridgehead atoms. The van der Waals surface area contributed by atoms with Gasteiger partial charge in [0.05, 0.1) is 13.1 Å². The van der Waals surface area contributed by atoms with Crippen LogP contribution in [-0.4, -0.2) is 66.8 Å². The van der Waals surface area contributed by atoms with Crippen LogP contribution in [0.4, 0.5) is 0 Å². The summed E-state index contributed by atoms with van der Waals surface area (Å²) in [6.07, 6.45) is 0. The van der Waals surface area contributed by atoms with Crippen LogP contribution in [0.3, 0.4) is 0 Å². The summed E-state index contributed by atoms with van der Waals surface area (Å²) in [6.45, 7) is 4.34. The summed E-state index contributed by atoms with van der Waals surface area (Å²) in [5.41, 5.74) is 6.61. The number of amides is 3. The van der Waals surface area contributed by atoms with Crippen LogP contribution in [0.15, 0.2) is 24.3 Å². The molecule has 1 aliphatic heterocycles. The molecule has 0 atom stereocenters. The van der Waals surface area contributed by atoms with Crippen LogP contribution >= 0.6 is 0 Å². The number of carbonyl (C=O) groups is 3. The Kier molecular flexibility index (Phi) is 5.70. The summed E-state index contributed by atoms with van der Waals surface area (Å²) in [7, 11) is 0. The van der Waals surface area contributed by atoms with Crippen LogP contribution < -0.4 is 11.1 Å². The van der Waals surface area contributed by atoms with E-state index in [9.17, 15) is 14.4 Å². The van der Waals surface area contributed by atoms with Gasteiger partial charge in [-0.25, -0.2) is 0 Å². The molecular formula is C16H22N4O3. The minimum absolute atomic E-state index is 0.0248. The lowest BCUT2D eigenvalue weighted by Gasteiger charge is -2.34. The minimum Gasteiger partial charge on any atom is -0.369 e. The van der Waals surface area contributed by atoms with Crippen LogP contribution in [0.25, 0.3) is 0 Å². The number of nitrogens with one attached hydrogen (secondary N) is 1. The number of rotatable bonds is 5. The zero-order chi connectivity index (χ0) is 16.8. The average molecular weight is 318 g/mol. The zero-order valence-electron chi connectivity index (χ0n) is 13.2. The first-order valence-corrected chi connectivity index (χ1v) is 7.59. The molecule has 1 fully saturated rings. The molecule has 1 aliphatic rings. The van der Waals surface area contributed by atoms with E-state index >= 15 is 0 Å². The normalized spacial score (nSPS) is 15.3. The molecule has 23 heavy (non-hydrogen) atoms. The third kappa shape index (κ3) is 4.79. The van der Waals surface area contributed by atoms with Crippen LogP contribution in [0.2, 0.25) is 0 Å². The summed E-state index contributed by atoms with van der Waals surface area (Å²) in [4.78, 5) is 38.7. The molecule has 0 aromatic heterocycles. The quantitative estimate of drug-likeness (QED) is 0.754. The molecule has 7 nitrogen and oxygen atoms in total. The van der Waals surface area contributed by atoms with Gasteiger partial charge in [0.15, 0.2) is 0 Å². The fraction of sp³-hybridized carbons (Fsp3) is 0.438. The number of primary amides is 1. The van der Waals surface area contributed by atoms with Crippen LogP contribution in [0, 0.1) is 6.92 Å². The molecule has 0 aliphatic carbocycles. The van der Waals surface area contributed by atoms with Crippen molar-refractivity contribution in [2.45, 2.75) is 6.92 Å². The molecule has 7 heteroatoms. The van der Waals surface area contributed by atoms with Crippen molar-refractivity contribution in [3.8, 4) is 0 Å². The Labute approximate surface area is 135 Å². The van der Waals surface area contributed by atoms with Gasteiger partial charge in [0, 0.05) is 31.7 Å². The van der Waals surface area contributed by atoms with Crippen LogP contribution in [0.5, 0.6) is 0 Å². The second kappa shape index (κ2) is 7.73. The maximum absolute atomic E-state index is 12.1. The highest BCUT2D eigenvalue weighted by molar-refractivity contribution is 5.97. The second-order valence-electron chi connectivity index (χ2n) is 5.62. The van der Waals surface area contributed by atoms with Gasteiger partial charge in [0.2, 0.25) is 11.8 Å². The lowest BCUT2D eigenvalue weighted by molar-refractivity contribution is -0.132. The van der Waals surface area contributed by atoms with Gasteiger partial charge in [-0.2, -0.15) is 0 Å². The Morgan fingerprint density at radius 2 is 1.78 bits per heavy atom. The van der Waals surface area contributed by atoms with E-state index in [1.165, 1.54) is 0 Å². The zero-order valence-corrected chi connectivity index (χ0v) is 13.2. The number of hydrogen-bond acceptors (Lipinski definition) is 4. The lowest BCUT2D eigenvalue weighted by Crippen LogP contribution is -2.52. The molecule has 3 N–H and O–H groups in total. The molecule has 3 amide bonds. The Morgan fingerprint density at radius 3 is 2.39 bits per heavy atom. The van der Waals surface area contributed by atoms with Crippen molar-refractivity contribution in [2.24, 2.45) is 5.73 Å². The maximum atomic E-state index is 12.1. The molecule has 1 aromatic rings. The molecule has 124 valence electrons. The molecule has 0 spiro atoms. The Bertz CT molecular complexity index is 595. The fourth-order valence-electron chi connectivity index (χ4n) is 2.57. The summed E-state index contributed by atoms with van der Waals surface area (Å²) in [5.74, 6) is -0.732. The number of nitrogens with zero attached hydrogens (tertiary/aromatic N) is 2. The predicted molar refractivity (Wildman–Crippen MR) is 85.7 cm³/mol. The number of hydrogen-bond donors (Lipinski definition) is 2. The number of aryl methyl sites for hydroxylation is 1. The van der Waals surface area contributed by atoms with Crippen molar-refractivity contribution < 1.29 is 14.4 Å². The Morgan fingerprint density at radius 1 is 1.13 bits per heavy atom. The molecule has 1 aromatic carbocycles. The van der Waals surface area contributed by atoms with Crippen LogP contribution in [0.1, 0.15) is 15.9 Å². The first-order chi connectivity index (χ1) is 11.0. The van der Waals surface area contributed by atoms with E-state index in [4.69, 9.17) is 5.73 Å². The summed E-state index contributed by atoms with van der Waals surface area (Å²) >= 11 is 0. The van der Waals surface area contributed by atoms with Crippen molar-refractivity contribution in [1.29, 1.82) is 0 Å². The third-order valence-electron chi connectivity index (χ3n) is 3.89. The predicted octanol–water partition coefficient (Wildman–Crippen LogP) is -0.646. The van der Waals surface area contributed by atoms with E-state index in [1.54, 1.807) is 17.0 Å². The molecular weight excluding hydrogens is 296 g/mol. The van der Waals surface area contributed by atoms with Gasteiger partial charge < -0.3 is 16.0 Å². The van der Waals surface area contributed by atoms with Crippen molar-refractivity contribution in [3.63, 3.8) is 0 Å². The summed E-state index contributed by atoms with van der Waals surface area (Å²) < 4.78 is 0. The topological polar surface area (TPSA) is 95.7 Å². The third-order valence-corrected chi connectivity index (χ3v) is 3.89. The summed E-state index contributed by atoms with van der Waals surface area (Å²) in [5, 5.41) is 2.66. The van der Waals surface area contributed by atoms with Crippen molar-refractivity contribution in [1.82, 2.24) is 15.1 Å². The standard InChI is InChI=1S/C16H22N4O3/c1-12-4-2-3-5-13(12)16(23)18-10-15(22)20-8-6-19(7-9-20)11-14(17)21/h2-5H,6-11H2,1H3,(H2,17,21)(H,18,23). The number of nitrogens with two attached hydrogens (primary N) is 1. The molecule has 0 unspecified atom stereocenters. The highest BCUT2D eigenvalue weighted by Crippen LogP contribution is 2.06. The van der Waals surface area contributed by atoms with Gasteiger partial charge >= 0.3 is 0 Å². The fourth-order valence-corrected chi connectivity index (χ4v) is 2.57. The maximum Gasteiger partial charge on any atom is 0.251 e. The van der Waals surface area contributed by atoms with Crippen molar-refractivity contribution >= 4 is 17.7 Å². The van der Waals surface area contributed by atoms with Gasteiger partial charge in [-0.05, 0) is 18.6 Å². The van der Waals surface area contributed by atoms with E-state index in [0.717, 1.165) is 5.56 Å². The van der Waals surface area contributed by atoms with Gasteiger partial charge in [0.1, 0.15) is 0 Å². The molecule has 0 radical (unpaired) electrons. The smallest absolute Gasteiger partial charge is 0.251 e. The van der Waals surface area contributed by atoms with E-state index in [0.29, 0.717) is 31.7 Å². The average Bonchev–Trinajstić information content (AvgIpc) is 2.53. The van der Waals surface area contributed by atoms with Gasteiger partial charge in [-0.15, -0.1) is 0 Å². The molecule has 1 saturated heterocycles. The van der Waals surface area contributed by atoms with Crippen molar-refractivity contribution in [2.75, 3.05) is 39.3 Å². The lowest BCUT2D eigenvalue weighted by atomic mass is 10.1. The van der Waals surface area contributed by atoms with E-state index < -0.39 is 0 Å². The minimum atomic E-state index is -0.365. The first-order valence-electron chi connectivity index (χ1n) is 7.59. The van der Waals surface area contributed by atoms with Gasteiger partial charge in [0.25, 0.3) is 5.91 Å². The second-order valence-corrected chi connectivity index (χ2v) is 5.62. The number of carbonyl (C=O) groups excluding carboxylic acids is 3. The summed E-state index contributed by atoms with van der Waals surface area (Å²) in [6, 6.07) is 7.25. The molecule has 2 rings (SSSR count). The monoisotopic (exact) mass is 318 g/mol. The molecule has 1 heterocycles. The van der Waals surface area contributed by atoms with Crippen molar-refractivity contribution in [3.05, 3.63) is 35.4 Å². The Balaban J connectivity index is 1.79. The first kappa shape index (κ1) is 17.0. The number of benzene rings is 1. The highest BCUT2D eigenvalue weighted by Gasteiger charge is 2.22. The van der Waals surface area contributed by atoms with Gasteiger partial charge in [-0.3, -0.25) is 19.3 Å². The van der Waals surface area contributed by atoms with E-state index in [1.807, 2.05) is 24.0 Å². The van der Waals surface area contributed by atoms with E-state index in [-0.39, 0.29) is 30.8 Å². The number of piperazine rings is 1. The van der Waals surface area contributed by atoms with E-state index in [2.05, 4.69) is 5.32 Å². The largest absolute Gasteiger partial charge is 0.369 e. The van der Waals surface area contributed by atoms with Crippen LogP contribution in [-0.2, 0) is 9.59 Å². The SMILES string of the molecule is Cc1ccccc1C(=O)NCC(=O)N1CCN(CC(N)=O)CC1. The Hall–Kier alpha value is -2.41. The van der Waals surface area contributed by atoms with Gasteiger partial charge in [-0.1, -0.05) is 18.2 Å².